The third-order valence-electron chi connectivity index (χ3n) is 4.14. The fourth-order valence-electron chi connectivity index (χ4n) is 2.85. The third kappa shape index (κ3) is 4.09. The molecule has 25 heavy (non-hydrogen) atoms. The molecule has 0 spiro atoms. The molecule has 3 amide bonds. The SMILES string of the molecule is COc1ccccc1CNC(=O)Nc1ccc(N2CCCC2=O)cc1. The first-order valence-electron chi connectivity index (χ1n) is 8.24. The van der Waals surface area contributed by atoms with Gasteiger partial charge in [0.2, 0.25) is 5.91 Å². The highest BCUT2D eigenvalue weighted by atomic mass is 16.5. The molecule has 1 aliphatic heterocycles. The number of hydrogen-bond donors (Lipinski definition) is 2. The van der Waals surface area contributed by atoms with Gasteiger partial charge < -0.3 is 20.3 Å². The molecule has 1 aliphatic rings. The summed E-state index contributed by atoms with van der Waals surface area (Å²) < 4.78 is 5.26. The predicted molar refractivity (Wildman–Crippen MR) is 96.9 cm³/mol. The smallest absolute Gasteiger partial charge is 0.319 e. The van der Waals surface area contributed by atoms with Gasteiger partial charge in [-0.05, 0) is 36.8 Å². The second-order valence-corrected chi connectivity index (χ2v) is 5.82. The number of benzene rings is 2. The normalized spacial score (nSPS) is 13.6. The van der Waals surface area contributed by atoms with Crippen LogP contribution < -0.4 is 20.3 Å². The first-order valence-corrected chi connectivity index (χ1v) is 8.24. The van der Waals surface area contributed by atoms with Crippen LogP contribution in [0.1, 0.15) is 18.4 Å². The lowest BCUT2D eigenvalue weighted by atomic mass is 10.2. The Morgan fingerprint density at radius 1 is 1.16 bits per heavy atom. The van der Waals surface area contributed by atoms with Crippen LogP contribution in [-0.4, -0.2) is 25.6 Å². The van der Waals surface area contributed by atoms with Crippen molar-refractivity contribution in [2.45, 2.75) is 19.4 Å². The van der Waals surface area contributed by atoms with E-state index in [0.29, 0.717) is 18.7 Å². The number of anilines is 2. The van der Waals surface area contributed by atoms with Crippen LogP contribution in [0.3, 0.4) is 0 Å². The van der Waals surface area contributed by atoms with Crippen LogP contribution in [0.15, 0.2) is 48.5 Å². The van der Waals surface area contributed by atoms with Crippen LogP contribution in [0.4, 0.5) is 16.2 Å². The standard InChI is InChI=1S/C19H21N3O3/c1-25-17-6-3-2-5-14(17)13-20-19(24)21-15-8-10-16(11-9-15)22-12-4-7-18(22)23/h2-3,5-6,8-11H,4,7,12-13H2,1H3,(H2,20,21,24). The van der Waals surface area contributed by atoms with Gasteiger partial charge in [-0.25, -0.2) is 4.79 Å². The molecule has 0 aliphatic carbocycles. The number of para-hydroxylation sites is 1. The fraction of sp³-hybridized carbons (Fsp3) is 0.263. The molecule has 0 saturated carbocycles. The van der Waals surface area contributed by atoms with Crippen molar-refractivity contribution in [3.63, 3.8) is 0 Å². The summed E-state index contributed by atoms with van der Waals surface area (Å²) in [6, 6.07) is 14.5. The van der Waals surface area contributed by atoms with Gasteiger partial charge in [-0.2, -0.15) is 0 Å². The van der Waals surface area contributed by atoms with Crippen LogP contribution in [0, 0.1) is 0 Å². The molecule has 2 N–H and O–H groups in total. The van der Waals surface area contributed by atoms with Gasteiger partial charge in [-0.15, -0.1) is 0 Å². The number of hydrogen-bond acceptors (Lipinski definition) is 3. The van der Waals surface area contributed by atoms with Crippen molar-refractivity contribution in [3.8, 4) is 5.75 Å². The summed E-state index contributed by atoms with van der Waals surface area (Å²) >= 11 is 0. The Balaban J connectivity index is 1.55. The van der Waals surface area contributed by atoms with Crippen molar-refractivity contribution >= 4 is 23.3 Å². The summed E-state index contributed by atoms with van der Waals surface area (Å²) in [5.41, 5.74) is 2.44. The number of carbonyl (C=O) groups is 2. The quantitative estimate of drug-likeness (QED) is 0.879. The molecule has 130 valence electrons. The average molecular weight is 339 g/mol. The van der Waals surface area contributed by atoms with E-state index < -0.39 is 0 Å². The molecule has 0 radical (unpaired) electrons. The van der Waals surface area contributed by atoms with Gasteiger partial charge in [-0.3, -0.25) is 4.79 Å². The Morgan fingerprint density at radius 2 is 1.92 bits per heavy atom. The Labute approximate surface area is 146 Å². The van der Waals surface area contributed by atoms with Crippen molar-refractivity contribution in [1.29, 1.82) is 0 Å². The molecule has 1 heterocycles. The molecular weight excluding hydrogens is 318 g/mol. The number of nitrogens with zero attached hydrogens (tertiary/aromatic N) is 1. The summed E-state index contributed by atoms with van der Waals surface area (Å²) in [4.78, 5) is 25.6. The second kappa shape index (κ2) is 7.70. The van der Waals surface area contributed by atoms with Gasteiger partial charge in [0, 0.05) is 36.4 Å². The monoisotopic (exact) mass is 339 g/mol. The maximum atomic E-state index is 12.1. The van der Waals surface area contributed by atoms with E-state index in [4.69, 9.17) is 4.74 Å². The first kappa shape index (κ1) is 16.8. The van der Waals surface area contributed by atoms with Crippen LogP contribution in [0.5, 0.6) is 5.75 Å². The largest absolute Gasteiger partial charge is 0.496 e. The molecule has 0 aromatic heterocycles. The Kier molecular flexibility index (Phi) is 5.18. The minimum Gasteiger partial charge on any atom is -0.496 e. The van der Waals surface area contributed by atoms with E-state index in [2.05, 4.69) is 10.6 Å². The van der Waals surface area contributed by atoms with Crippen LogP contribution >= 0.6 is 0 Å². The molecule has 2 aromatic rings. The number of rotatable bonds is 5. The summed E-state index contributed by atoms with van der Waals surface area (Å²) in [5, 5.41) is 5.59. The molecular formula is C19H21N3O3. The molecule has 6 nitrogen and oxygen atoms in total. The van der Waals surface area contributed by atoms with E-state index in [0.717, 1.165) is 30.0 Å². The molecule has 6 heteroatoms. The van der Waals surface area contributed by atoms with E-state index in [-0.39, 0.29) is 11.9 Å². The number of nitrogens with one attached hydrogen (secondary N) is 2. The zero-order chi connectivity index (χ0) is 17.6. The van der Waals surface area contributed by atoms with E-state index in [1.165, 1.54) is 0 Å². The lowest BCUT2D eigenvalue weighted by Gasteiger charge is -2.16. The number of methoxy groups -OCH3 is 1. The first-order chi connectivity index (χ1) is 12.2. The van der Waals surface area contributed by atoms with Crippen molar-refractivity contribution in [3.05, 3.63) is 54.1 Å². The molecule has 0 unspecified atom stereocenters. The Morgan fingerprint density at radius 3 is 2.60 bits per heavy atom. The Hall–Kier alpha value is -3.02. The number of ether oxygens (including phenoxy) is 1. The number of amides is 3. The second-order valence-electron chi connectivity index (χ2n) is 5.82. The molecule has 3 rings (SSSR count). The van der Waals surface area contributed by atoms with Gasteiger partial charge in [0.25, 0.3) is 0 Å². The fourth-order valence-corrected chi connectivity index (χ4v) is 2.85. The third-order valence-corrected chi connectivity index (χ3v) is 4.14. The lowest BCUT2D eigenvalue weighted by molar-refractivity contribution is -0.117. The van der Waals surface area contributed by atoms with Crippen LogP contribution in [-0.2, 0) is 11.3 Å². The van der Waals surface area contributed by atoms with Crippen LogP contribution in [0.25, 0.3) is 0 Å². The lowest BCUT2D eigenvalue weighted by Crippen LogP contribution is -2.28. The Bertz CT molecular complexity index is 759. The number of carbonyl (C=O) groups excluding carboxylic acids is 2. The zero-order valence-electron chi connectivity index (χ0n) is 14.1. The predicted octanol–water partition coefficient (Wildman–Crippen LogP) is 3.14. The van der Waals surface area contributed by atoms with Crippen molar-refractivity contribution in [2.75, 3.05) is 23.9 Å². The van der Waals surface area contributed by atoms with E-state index >= 15 is 0 Å². The minimum atomic E-state index is -0.295. The van der Waals surface area contributed by atoms with Crippen molar-refractivity contribution in [1.82, 2.24) is 5.32 Å². The highest BCUT2D eigenvalue weighted by Gasteiger charge is 2.21. The molecule has 1 fully saturated rings. The van der Waals surface area contributed by atoms with Crippen molar-refractivity contribution < 1.29 is 14.3 Å². The topological polar surface area (TPSA) is 70.7 Å². The highest BCUT2D eigenvalue weighted by Crippen LogP contribution is 2.23. The summed E-state index contributed by atoms with van der Waals surface area (Å²) in [6.45, 7) is 1.13. The van der Waals surface area contributed by atoms with E-state index in [1.54, 1.807) is 24.1 Å². The van der Waals surface area contributed by atoms with E-state index in [9.17, 15) is 9.59 Å². The molecule has 0 atom stereocenters. The van der Waals surface area contributed by atoms with Gasteiger partial charge in [0.05, 0.1) is 7.11 Å². The van der Waals surface area contributed by atoms with Gasteiger partial charge in [0.15, 0.2) is 0 Å². The van der Waals surface area contributed by atoms with Gasteiger partial charge >= 0.3 is 6.03 Å². The minimum absolute atomic E-state index is 0.148. The van der Waals surface area contributed by atoms with Crippen LogP contribution in [0.2, 0.25) is 0 Å². The van der Waals surface area contributed by atoms with Gasteiger partial charge in [-0.1, -0.05) is 18.2 Å². The average Bonchev–Trinajstić information content (AvgIpc) is 3.07. The molecule has 1 saturated heterocycles. The molecule has 0 bridgehead atoms. The maximum absolute atomic E-state index is 12.1. The summed E-state index contributed by atoms with van der Waals surface area (Å²) in [7, 11) is 1.60. The molecule has 2 aromatic carbocycles. The summed E-state index contributed by atoms with van der Waals surface area (Å²) in [6.07, 6.45) is 1.50. The highest BCUT2D eigenvalue weighted by molar-refractivity contribution is 5.96. The zero-order valence-corrected chi connectivity index (χ0v) is 14.1. The maximum Gasteiger partial charge on any atom is 0.319 e. The van der Waals surface area contributed by atoms with E-state index in [1.807, 2.05) is 36.4 Å². The van der Waals surface area contributed by atoms with Crippen molar-refractivity contribution in [2.24, 2.45) is 0 Å². The van der Waals surface area contributed by atoms with Gasteiger partial charge in [0.1, 0.15) is 5.75 Å². The summed E-state index contributed by atoms with van der Waals surface area (Å²) in [5.74, 6) is 0.887. The number of urea groups is 1.